The van der Waals surface area contributed by atoms with Gasteiger partial charge < -0.3 is 10.4 Å². The minimum atomic E-state index is -0.546. The summed E-state index contributed by atoms with van der Waals surface area (Å²) in [5, 5.41) is 19.0. The lowest BCUT2D eigenvalue weighted by molar-refractivity contribution is -0.116. The highest BCUT2D eigenvalue weighted by Gasteiger charge is 2.34. The van der Waals surface area contributed by atoms with Crippen molar-refractivity contribution in [3.63, 3.8) is 0 Å². The van der Waals surface area contributed by atoms with E-state index in [1.165, 1.54) is 0 Å². The molecule has 0 aromatic carbocycles. The van der Waals surface area contributed by atoms with Crippen LogP contribution in [0.1, 0.15) is 0 Å². The minimum Gasteiger partial charge on any atom is -0.504 e. The third-order valence-electron chi connectivity index (χ3n) is 1.00. The topological polar surface area (TPSA) is 77.5 Å². The van der Waals surface area contributed by atoms with Gasteiger partial charge in [-0.2, -0.15) is 0 Å². The maximum absolute atomic E-state index is 10.4. The van der Waals surface area contributed by atoms with Gasteiger partial charge in [0.1, 0.15) is 0 Å². The molecular formula is C4H4N3O2+. The number of diazo groups is 1. The summed E-state index contributed by atoms with van der Waals surface area (Å²) in [6.45, 7) is 0.0538. The normalized spacial score (nSPS) is 17.4. The Labute approximate surface area is 50.6 Å². The number of rotatable bonds is 0. The van der Waals surface area contributed by atoms with Crippen molar-refractivity contribution in [1.82, 2.24) is 5.32 Å². The van der Waals surface area contributed by atoms with Crippen molar-refractivity contribution >= 4 is 5.91 Å². The van der Waals surface area contributed by atoms with Crippen LogP contribution in [0.5, 0.6) is 0 Å². The molecule has 0 aliphatic carbocycles. The molecule has 0 aromatic rings. The van der Waals surface area contributed by atoms with E-state index < -0.39 is 5.91 Å². The molecule has 2 N–H and O–H groups in total. The van der Waals surface area contributed by atoms with Gasteiger partial charge in [0.15, 0.2) is 4.98 Å². The molecular weight excluding hydrogens is 122 g/mol. The summed E-state index contributed by atoms with van der Waals surface area (Å²) in [7, 11) is 0. The van der Waals surface area contributed by atoms with E-state index in [1.807, 2.05) is 0 Å². The second-order valence-corrected chi connectivity index (χ2v) is 1.58. The monoisotopic (exact) mass is 126 g/mol. The first-order valence-corrected chi connectivity index (χ1v) is 2.31. The lowest BCUT2D eigenvalue weighted by Crippen LogP contribution is -2.16. The third-order valence-corrected chi connectivity index (χ3v) is 1.00. The molecule has 5 nitrogen and oxygen atoms in total. The van der Waals surface area contributed by atoms with Gasteiger partial charge in [0.25, 0.3) is 0 Å². The van der Waals surface area contributed by atoms with Crippen LogP contribution < -0.4 is 5.32 Å². The molecule has 0 aromatic heterocycles. The van der Waals surface area contributed by atoms with Crippen LogP contribution in [0.3, 0.4) is 0 Å². The number of nitrogens with one attached hydrogen (secondary N) is 1. The summed E-state index contributed by atoms with van der Waals surface area (Å²) in [6.07, 6.45) is 0. The number of hydrogen-bond acceptors (Lipinski definition) is 3. The first-order chi connectivity index (χ1) is 4.25. The van der Waals surface area contributed by atoms with Gasteiger partial charge in [-0.05, 0) is 0 Å². The molecule has 0 fully saturated rings. The summed E-state index contributed by atoms with van der Waals surface area (Å²) in [4.78, 5) is 13.0. The number of amides is 1. The Morgan fingerprint density at radius 3 is 2.67 bits per heavy atom. The highest BCUT2D eigenvalue weighted by molar-refractivity contribution is 5.97. The summed E-state index contributed by atoms with van der Waals surface area (Å²) in [5.74, 6) is -0.766. The van der Waals surface area contributed by atoms with Gasteiger partial charge in [-0.3, -0.25) is 4.79 Å². The molecule has 1 amide bonds. The molecule has 1 rings (SSSR count). The number of carbonyl (C=O) groups excluding carboxylic acids is 1. The SMILES string of the molecule is N#[N+]C1=C(O)CNC1=O. The Kier molecular flexibility index (Phi) is 1.08. The molecule has 0 spiro atoms. The van der Waals surface area contributed by atoms with Gasteiger partial charge >= 0.3 is 11.6 Å². The predicted molar refractivity (Wildman–Crippen MR) is 27.7 cm³/mol. The average molecular weight is 126 g/mol. The van der Waals surface area contributed by atoms with Crippen LogP contribution >= 0.6 is 0 Å². The van der Waals surface area contributed by atoms with E-state index in [1.54, 1.807) is 0 Å². The zero-order valence-electron chi connectivity index (χ0n) is 4.46. The number of nitrogens with zero attached hydrogens (tertiary/aromatic N) is 2. The van der Waals surface area contributed by atoms with Crippen molar-refractivity contribution in [2.75, 3.05) is 6.54 Å². The minimum absolute atomic E-state index is 0.0538. The van der Waals surface area contributed by atoms with Gasteiger partial charge in [-0.1, -0.05) is 0 Å². The predicted octanol–water partition coefficient (Wildman–Crippen LogP) is -0.261. The summed E-state index contributed by atoms with van der Waals surface area (Å²) in [5.41, 5.74) is -0.296. The fourth-order valence-electron chi connectivity index (χ4n) is 0.566. The molecule has 1 heterocycles. The smallest absolute Gasteiger partial charge is 0.487 e. The molecule has 9 heavy (non-hydrogen) atoms. The number of hydrogen-bond donors (Lipinski definition) is 2. The van der Waals surface area contributed by atoms with Crippen molar-refractivity contribution in [1.29, 1.82) is 5.39 Å². The summed E-state index contributed by atoms with van der Waals surface area (Å²) in [6, 6.07) is 0. The van der Waals surface area contributed by atoms with Crippen molar-refractivity contribution < 1.29 is 9.90 Å². The zero-order valence-corrected chi connectivity index (χ0v) is 4.46. The van der Waals surface area contributed by atoms with Gasteiger partial charge in [0.2, 0.25) is 11.2 Å². The summed E-state index contributed by atoms with van der Waals surface area (Å²) >= 11 is 0. The fourth-order valence-corrected chi connectivity index (χ4v) is 0.566. The van der Waals surface area contributed by atoms with Gasteiger partial charge in [0.05, 0.1) is 6.54 Å². The van der Waals surface area contributed by atoms with E-state index in [4.69, 9.17) is 10.5 Å². The largest absolute Gasteiger partial charge is 0.504 e. The van der Waals surface area contributed by atoms with E-state index in [0.717, 1.165) is 0 Å². The molecule has 46 valence electrons. The Balaban J connectivity index is 2.99. The molecule has 0 bridgehead atoms. The number of aliphatic hydroxyl groups is 1. The van der Waals surface area contributed by atoms with Crippen LogP contribution in [-0.2, 0) is 4.79 Å². The lowest BCUT2D eigenvalue weighted by atomic mass is 10.4. The molecule has 0 unspecified atom stereocenters. The quantitative estimate of drug-likeness (QED) is 0.439. The van der Waals surface area contributed by atoms with Gasteiger partial charge in [0, 0.05) is 0 Å². The third kappa shape index (κ3) is 0.700. The molecule has 1 aliphatic rings. The summed E-state index contributed by atoms with van der Waals surface area (Å²) < 4.78 is 0. The number of aliphatic hydroxyl groups excluding tert-OH is 1. The van der Waals surface area contributed by atoms with Crippen molar-refractivity contribution in [2.45, 2.75) is 0 Å². The Bertz CT molecular complexity index is 224. The van der Waals surface area contributed by atoms with Crippen LogP contribution in [0.25, 0.3) is 4.98 Å². The first kappa shape index (κ1) is 5.56. The molecule has 0 saturated carbocycles. The van der Waals surface area contributed by atoms with E-state index in [9.17, 15) is 4.79 Å². The van der Waals surface area contributed by atoms with Crippen LogP contribution in [0, 0.1) is 5.39 Å². The van der Waals surface area contributed by atoms with Gasteiger partial charge in [-0.25, -0.2) is 0 Å². The second-order valence-electron chi connectivity index (χ2n) is 1.58. The highest BCUT2D eigenvalue weighted by atomic mass is 16.3. The molecule has 0 atom stereocenters. The lowest BCUT2D eigenvalue weighted by Gasteiger charge is -1.80. The Morgan fingerprint density at radius 2 is 2.44 bits per heavy atom. The van der Waals surface area contributed by atoms with Gasteiger partial charge in [-0.15, -0.1) is 0 Å². The van der Waals surface area contributed by atoms with E-state index in [-0.39, 0.29) is 18.0 Å². The van der Waals surface area contributed by atoms with E-state index >= 15 is 0 Å². The Hall–Kier alpha value is -1.57. The van der Waals surface area contributed by atoms with Crippen LogP contribution in [0.4, 0.5) is 0 Å². The number of carbonyl (C=O) groups is 1. The maximum atomic E-state index is 10.4. The second kappa shape index (κ2) is 1.74. The maximum Gasteiger partial charge on any atom is 0.487 e. The standard InChI is InChI=1S/C4H3N3O2/c5-7-3-2(8)1-6-4(3)9/h1H2,(H-,6,8,9)/p+1. The van der Waals surface area contributed by atoms with Crippen molar-refractivity contribution in [3.05, 3.63) is 16.4 Å². The van der Waals surface area contributed by atoms with E-state index in [2.05, 4.69) is 10.3 Å². The fraction of sp³-hybridized carbons (Fsp3) is 0.250. The molecule has 0 saturated heterocycles. The molecule has 1 aliphatic heterocycles. The first-order valence-electron chi connectivity index (χ1n) is 2.31. The van der Waals surface area contributed by atoms with E-state index in [0.29, 0.717) is 0 Å². The van der Waals surface area contributed by atoms with Crippen LogP contribution in [0.15, 0.2) is 11.5 Å². The highest BCUT2D eigenvalue weighted by Crippen LogP contribution is 2.07. The average Bonchev–Trinajstić information content (AvgIpc) is 2.12. The van der Waals surface area contributed by atoms with Crippen LogP contribution in [0.2, 0.25) is 0 Å². The Morgan fingerprint density at radius 1 is 1.78 bits per heavy atom. The molecule has 5 heteroatoms. The zero-order chi connectivity index (χ0) is 6.85. The molecule has 0 radical (unpaired) electrons. The van der Waals surface area contributed by atoms with Crippen molar-refractivity contribution in [2.24, 2.45) is 0 Å². The van der Waals surface area contributed by atoms with Crippen molar-refractivity contribution in [3.8, 4) is 0 Å². The van der Waals surface area contributed by atoms with Crippen LogP contribution in [-0.4, -0.2) is 17.6 Å².